The van der Waals surface area contributed by atoms with Crippen LogP contribution in [0.3, 0.4) is 0 Å². The lowest BCUT2D eigenvalue weighted by atomic mass is 10.0. The van der Waals surface area contributed by atoms with Gasteiger partial charge in [-0.2, -0.15) is 13.2 Å². The average Bonchev–Trinajstić information content (AvgIpc) is 2.58. The number of hydrogen-bond donors (Lipinski definition) is 0. The summed E-state index contributed by atoms with van der Waals surface area (Å²) in [7, 11) is 0. The molecule has 1 aliphatic rings. The van der Waals surface area contributed by atoms with Crippen molar-refractivity contribution in [1.29, 1.82) is 0 Å². The van der Waals surface area contributed by atoms with Crippen LogP contribution >= 0.6 is 0 Å². The van der Waals surface area contributed by atoms with E-state index in [4.69, 9.17) is 6.57 Å². The molecule has 6 heteroatoms. The molecule has 0 aromatic heterocycles. The minimum absolute atomic E-state index is 0.0345. The molecule has 2 rings (SSSR count). The number of halogens is 3. The molecule has 0 fully saturated rings. The van der Waals surface area contributed by atoms with E-state index in [-0.39, 0.29) is 13.1 Å². The van der Waals surface area contributed by atoms with E-state index in [1.807, 2.05) is 0 Å². The summed E-state index contributed by atoms with van der Waals surface area (Å²) in [5, 5.41) is 0. The number of fused-ring (bicyclic) bond motifs is 1. The lowest BCUT2D eigenvalue weighted by Crippen LogP contribution is -2.42. The first kappa shape index (κ1) is 13.4. The van der Waals surface area contributed by atoms with Gasteiger partial charge < -0.3 is 4.90 Å². The summed E-state index contributed by atoms with van der Waals surface area (Å²) in [6.07, 6.45) is -4.09. The second-order valence-corrected chi connectivity index (χ2v) is 4.35. The van der Waals surface area contributed by atoms with Crippen molar-refractivity contribution in [1.82, 2.24) is 4.90 Å². The predicted octanol–water partition coefficient (Wildman–Crippen LogP) is 2.73. The van der Waals surface area contributed by atoms with Crippen molar-refractivity contribution in [3.63, 3.8) is 0 Å². The molecule has 1 aromatic rings. The van der Waals surface area contributed by atoms with Crippen LogP contribution < -0.4 is 0 Å². The highest BCUT2D eigenvalue weighted by Crippen LogP contribution is 2.24. The van der Waals surface area contributed by atoms with Crippen LogP contribution in [0.5, 0.6) is 0 Å². The van der Waals surface area contributed by atoms with Gasteiger partial charge in [-0.05, 0) is 18.4 Å². The summed E-state index contributed by atoms with van der Waals surface area (Å²) >= 11 is 0. The van der Waals surface area contributed by atoms with Gasteiger partial charge in [0.2, 0.25) is 0 Å². The Morgan fingerprint density at radius 3 is 2.42 bits per heavy atom. The third-order valence-electron chi connectivity index (χ3n) is 3.15. The lowest BCUT2D eigenvalue weighted by Gasteiger charge is -2.21. The second-order valence-electron chi connectivity index (χ2n) is 4.35. The fraction of sp³-hybridized carbons (Fsp3) is 0.385. The van der Waals surface area contributed by atoms with Gasteiger partial charge in [0.1, 0.15) is 0 Å². The van der Waals surface area contributed by atoms with E-state index in [0.717, 1.165) is 16.0 Å². The highest BCUT2D eigenvalue weighted by molar-refractivity contribution is 5.82. The molecular weight excluding hydrogens is 257 g/mol. The number of carbonyl (C=O) groups excluding carboxylic acids is 1. The summed E-state index contributed by atoms with van der Waals surface area (Å²) in [6.45, 7) is 7.01. The Morgan fingerprint density at radius 1 is 1.21 bits per heavy atom. The van der Waals surface area contributed by atoms with E-state index in [9.17, 15) is 18.0 Å². The van der Waals surface area contributed by atoms with Gasteiger partial charge in [-0.25, -0.2) is 4.85 Å². The van der Waals surface area contributed by atoms with E-state index in [1.165, 1.54) is 0 Å². The van der Waals surface area contributed by atoms with Crippen molar-refractivity contribution < 1.29 is 18.0 Å². The number of nitrogens with zero attached hydrogens (tertiary/aromatic N) is 2. The maximum Gasteiger partial charge on any atom is 0.471 e. The minimum atomic E-state index is -4.82. The molecule has 0 N–H and O–H groups in total. The zero-order valence-corrected chi connectivity index (χ0v) is 10.00. The first-order valence-corrected chi connectivity index (χ1v) is 5.77. The van der Waals surface area contributed by atoms with Crippen LogP contribution in [0, 0.1) is 6.57 Å². The topological polar surface area (TPSA) is 24.7 Å². The van der Waals surface area contributed by atoms with Gasteiger partial charge in [0, 0.05) is 13.1 Å². The molecule has 100 valence electrons. The molecule has 19 heavy (non-hydrogen) atoms. The number of rotatable bonds is 0. The van der Waals surface area contributed by atoms with E-state index in [2.05, 4.69) is 4.85 Å². The van der Waals surface area contributed by atoms with Gasteiger partial charge in [-0.1, -0.05) is 23.8 Å². The third-order valence-corrected chi connectivity index (χ3v) is 3.15. The quantitative estimate of drug-likeness (QED) is 0.664. The van der Waals surface area contributed by atoms with Gasteiger partial charge in [0.25, 0.3) is 0 Å². The number of amides is 1. The standard InChI is InChI=1S/C13H11F3N2O/c1-17-11-3-2-9-4-6-18(7-5-10(9)8-11)12(19)13(14,15)16/h2-3,8H,4-7H2. The summed E-state index contributed by atoms with van der Waals surface area (Å²) in [5.41, 5.74) is 2.23. The lowest BCUT2D eigenvalue weighted by molar-refractivity contribution is -0.185. The zero-order valence-electron chi connectivity index (χ0n) is 10.00. The van der Waals surface area contributed by atoms with Crippen molar-refractivity contribution in [2.75, 3.05) is 13.1 Å². The molecule has 1 heterocycles. The first-order chi connectivity index (χ1) is 8.91. The minimum Gasteiger partial charge on any atom is -0.334 e. The third kappa shape index (κ3) is 2.87. The highest BCUT2D eigenvalue weighted by Gasteiger charge is 2.42. The van der Waals surface area contributed by atoms with Crippen molar-refractivity contribution in [3.8, 4) is 0 Å². The van der Waals surface area contributed by atoms with Crippen LogP contribution in [0.2, 0.25) is 0 Å². The number of benzene rings is 1. The van der Waals surface area contributed by atoms with Crippen LogP contribution in [0.15, 0.2) is 18.2 Å². The Hall–Kier alpha value is -2.03. The van der Waals surface area contributed by atoms with Crippen LogP contribution in [-0.2, 0) is 17.6 Å². The van der Waals surface area contributed by atoms with E-state index < -0.39 is 12.1 Å². The molecule has 1 amide bonds. The molecule has 3 nitrogen and oxygen atoms in total. The highest BCUT2D eigenvalue weighted by atomic mass is 19.4. The van der Waals surface area contributed by atoms with Gasteiger partial charge in [-0.15, -0.1) is 0 Å². The maximum atomic E-state index is 12.4. The normalized spacial score (nSPS) is 15.4. The monoisotopic (exact) mass is 268 g/mol. The second kappa shape index (κ2) is 4.92. The average molecular weight is 268 g/mol. The predicted molar refractivity (Wildman–Crippen MR) is 62.7 cm³/mol. The van der Waals surface area contributed by atoms with E-state index >= 15 is 0 Å². The van der Waals surface area contributed by atoms with Crippen molar-refractivity contribution in [2.24, 2.45) is 0 Å². The molecule has 0 radical (unpaired) electrons. The summed E-state index contributed by atoms with van der Waals surface area (Å²) in [4.78, 5) is 15.3. The SMILES string of the molecule is [C-]#[N+]c1ccc2c(c1)CCN(C(=O)C(F)(F)F)CC2. The fourth-order valence-corrected chi connectivity index (χ4v) is 2.16. The Labute approximate surface area is 108 Å². The zero-order chi connectivity index (χ0) is 14.0. The largest absolute Gasteiger partial charge is 0.471 e. The first-order valence-electron chi connectivity index (χ1n) is 5.77. The van der Waals surface area contributed by atoms with Crippen molar-refractivity contribution >= 4 is 11.6 Å². The number of carbonyl (C=O) groups is 1. The Kier molecular flexibility index (Phi) is 3.47. The molecule has 0 spiro atoms. The van der Waals surface area contributed by atoms with Crippen LogP contribution in [0.25, 0.3) is 4.85 Å². The van der Waals surface area contributed by atoms with Gasteiger partial charge in [0.05, 0.1) is 6.57 Å². The van der Waals surface area contributed by atoms with E-state index in [1.54, 1.807) is 18.2 Å². The molecule has 0 saturated heterocycles. The Balaban J connectivity index is 2.18. The van der Waals surface area contributed by atoms with Gasteiger partial charge >= 0.3 is 12.1 Å². The Bertz CT molecular complexity index is 546. The summed E-state index contributed by atoms with van der Waals surface area (Å²) in [5.74, 6) is -1.79. The smallest absolute Gasteiger partial charge is 0.334 e. The molecule has 1 aromatic carbocycles. The van der Waals surface area contributed by atoms with Crippen molar-refractivity contribution in [3.05, 3.63) is 40.7 Å². The van der Waals surface area contributed by atoms with Gasteiger partial charge in [-0.3, -0.25) is 4.79 Å². The molecule has 0 aliphatic carbocycles. The van der Waals surface area contributed by atoms with Crippen molar-refractivity contribution in [2.45, 2.75) is 19.0 Å². The number of alkyl halides is 3. The summed E-state index contributed by atoms with van der Waals surface area (Å²) < 4.78 is 37.1. The molecule has 0 atom stereocenters. The summed E-state index contributed by atoms with van der Waals surface area (Å²) in [6, 6.07) is 5.08. The molecule has 0 unspecified atom stereocenters. The molecule has 1 aliphatic heterocycles. The van der Waals surface area contributed by atoms with E-state index in [0.29, 0.717) is 18.5 Å². The molecule has 0 bridgehead atoms. The van der Waals surface area contributed by atoms with Crippen LogP contribution in [-0.4, -0.2) is 30.1 Å². The number of hydrogen-bond acceptors (Lipinski definition) is 1. The molecule has 0 saturated carbocycles. The fourth-order valence-electron chi connectivity index (χ4n) is 2.16. The van der Waals surface area contributed by atoms with Crippen LogP contribution in [0.1, 0.15) is 11.1 Å². The Morgan fingerprint density at radius 2 is 1.84 bits per heavy atom. The van der Waals surface area contributed by atoms with Gasteiger partial charge in [0.15, 0.2) is 5.69 Å². The maximum absolute atomic E-state index is 12.4. The van der Waals surface area contributed by atoms with Crippen LogP contribution in [0.4, 0.5) is 18.9 Å². The molecular formula is C13H11F3N2O.